The molecule has 8 nitrogen and oxygen atoms in total. The van der Waals surface area contributed by atoms with Crippen molar-refractivity contribution in [2.45, 2.75) is 26.3 Å². The van der Waals surface area contributed by atoms with Crippen LogP contribution in [-0.2, 0) is 6.54 Å². The van der Waals surface area contributed by atoms with Crippen molar-refractivity contribution < 1.29 is 14.2 Å². The van der Waals surface area contributed by atoms with Crippen LogP contribution >= 0.6 is 0 Å². The van der Waals surface area contributed by atoms with Gasteiger partial charge in [-0.2, -0.15) is 4.98 Å². The van der Waals surface area contributed by atoms with Crippen molar-refractivity contribution in [2.75, 3.05) is 24.4 Å². The van der Waals surface area contributed by atoms with E-state index in [2.05, 4.69) is 25.6 Å². The van der Waals surface area contributed by atoms with Gasteiger partial charge in [-0.05, 0) is 42.7 Å². The second kappa shape index (κ2) is 9.13. The second-order valence-electron chi connectivity index (χ2n) is 7.40. The normalized spacial score (nSPS) is 16.1. The predicted octanol–water partition coefficient (Wildman–Crippen LogP) is 4.15. The van der Waals surface area contributed by atoms with E-state index in [4.69, 9.17) is 4.74 Å². The summed E-state index contributed by atoms with van der Waals surface area (Å²) in [5, 5.41) is 15.6. The van der Waals surface area contributed by atoms with Gasteiger partial charge in [0.2, 0.25) is 11.9 Å². The molecule has 1 aromatic carbocycles. The first kappa shape index (κ1) is 20.8. The maximum Gasteiger partial charge on any atom is 0.229 e. The number of allylic oxidation sites excluding steroid dienone is 3. The number of nitrogens with one attached hydrogen (secondary N) is 2. The highest BCUT2D eigenvalue weighted by Crippen LogP contribution is 2.27. The summed E-state index contributed by atoms with van der Waals surface area (Å²) in [6, 6.07) is 7.42. The first-order valence-corrected chi connectivity index (χ1v) is 10.2. The zero-order valence-electron chi connectivity index (χ0n) is 17.5. The number of imidazole rings is 1. The standard InChI is InChI=1S/C22H25FN6O2/c1-14-4-9-18(17(23)12-14)26-22-27-19-13-24-21(28-20(19)29(22)10-3-11-30)25-15-5-7-16(31-2)8-6-15/h4-9,13-14,30H,3,10-12H2,1-2H3,(H,26,27)(H,24,25,28). The number of fused-ring (bicyclic) bond motifs is 1. The molecule has 162 valence electrons. The number of nitrogens with zero attached hydrogens (tertiary/aromatic N) is 4. The molecule has 1 aliphatic rings. The highest BCUT2D eigenvalue weighted by molar-refractivity contribution is 5.76. The molecular weight excluding hydrogens is 399 g/mol. The molecule has 0 bridgehead atoms. The number of hydrogen-bond acceptors (Lipinski definition) is 7. The Hall–Kier alpha value is -3.46. The van der Waals surface area contributed by atoms with Crippen molar-refractivity contribution in [3.63, 3.8) is 0 Å². The molecular formula is C22H25FN6O2. The lowest BCUT2D eigenvalue weighted by molar-refractivity contribution is 0.280. The van der Waals surface area contributed by atoms with E-state index in [9.17, 15) is 9.50 Å². The molecule has 0 saturated heterocycles. The quantitative estimate of drug-likeness (QED) is 0.500. The van der Waals surface area contributed by atoms with Gasteiger partial charge in [0.05, 0.1) is 19.0 Å². The zero-order chi connectivity index (χ0) is 21.8. The van der Waals surface area contributed by atoms with Gasteiger partial charge >= 0.3 is 0 Å². The van der Waals surface area contributed by atoms with Crippen molar-refractivity contribution in [3.05, 3.63) is 54.1 Å². The number of methoxy groups -OCH3 is 1. The third kappa shape index (κ3) is 4.66. The van der Waals surface area contributed by atoms with Crippen molar-refractivity contribution in [2.24, 2.45) is 5.92 Å². The smallest absolute Gasteiger partial charge is 0.229 e. The lowest BCUT2D eigenvalue weighted by atomic mass is 10.0. The molecule has 0 saturated carbocycles. The molecule has 1 atom stereocenters. The molecule has 3 N–H and O–H groups in total. The summed E-state index contributed by atoms with van der Waals surface area (Å²) in [6.45, 7) is 2.47. The highest BCUT2D eigenvalue weighted by Gasteiger charge is 2.18. The highest BCUT2D eigenvalue weighted by atomic mass is 19.1. The Morgan fingerprint density at radius 1 is 1.23 bits per heavy atom. The van der Waals surface area contributed by atoms with E-state index in [1.165, 1.54) is 0 Å². The van der Waals surface area contributed by atoms with Gasteiger partial charge in [-0.15, -0.1) is 0 Å². The van der Waals surface area contributed by atoms with Crippen LogP contribution in [0.2, 0.25) is 0 Å². The Balaban J connectivity index is 1.65. The summed E-state index contributed by atoms with van der Waals surface area (Å²) < 4.78 is 21.4. The van der Waals surface area contributed by atoms with Gasteiger partial charge in [0.25, 0.3) is 0 Å². The van der Waals surface area contributed by atoms with E-state index >= 15 is 0 Å². The molecule has 2 heterocycles. The number of anilines is 3. The van der Waals surface area contributed by atoms with E-state index in [1.807, 2.05) is 41.8 Å². The van der Waals surface area contributed by atoms with E-state index in [-0.39, 0.29) is 18.4 Å². The minimum absolute atomic E-state index is 0.0234. The third-order valence-electron chi connectivity index (χ3n) is 5.01. The van der Waals surface area contributed by atoms with E-state index < -0.39 is 0 Å². The van der Waals surface area contributed by atoms with Crippen LogP contribution in [-0.4, -0.2) is 38.3 Å². The van der Waals surface area contributed by atoms with Gasteiger partial charge in [0.15, 0.2) is 5.65 Å². The van der Waals surface area contributed by atoms with Gasteiger partial charge in [-0.1, -0.05) is 13.0 Å². The summed E-state index contributed by atoms with van der Waals surface area (Å²) in [5.74, 6) is 1.59. The SMILES string of the molecule is COc1ccc(Nc2ncc3nc(NC4=C(F)CC(C)C=C4)n(CCCO)c3n2)cc1. The molecule has 2 aromatic heterocycles. The molecule has 0 aliphatic heterocycles. The summed E-state index contributed by atoms with van der Waals surface area (Å²) >= 11 is 0. The summed E-state index contributed by atoms with van der Waals surface area (Å²) in [6.07, 6.45) is 6.19. The Bertz CT molecular complexity index is 1120. The summed E-state index contributed by atoms with van der Waals surface area (Å²) in [4.78, 5) is 13.5. The number of aryl methyl sites for hydroxylation is 1. The Kier molecular flexibility index (Phi) is 6.13. The average molecular weight is 424 g/mol. The molecule has 0 spiro atoms. The fourth-order valence-corrected chi connectivity index (χ4v) is 3.36. The van der Waals surface area contributed by atoms with Gasteiger partial charge in [-0.3, -0.25) is 4.57 Å². The first-order chi connectivity index (χ1) is 15.1. The Morgan fingerprint density at radius 2 is 2.03 bits per heavy atom. The Labute approximate surface area is 179 Å². The molecule has 31 heavy (non-hydrogen) atoms. The second-order valence-corrected chi connectivity index (χ2v) is 7.40. The monoisotopic (exact) mass is 424 g/mol. The first-order valence-electron chi connectivity index (χ1n) is 10.2. The number of hydrogen-bond donors (Lipinski definition) is 3. The molecule has 9 heteroatoms. The van der Waals surface area contributed by atoms with Crippen LogP contribution < -0.4 is 15.4 Å². The van der Waals surface area contributed by atoms with Crippen molar-refractivity contribution in [1.82, 2.24) is 19.5 Å². The van der Waals surface area contributed by atoms with Crippen LogP contribution in [0.25, 0.3) is 11.2 Å². The minimum Gasteiger partial charge on any atom is -0.497 e. The predicted molar refractivity (Wildman–Crippen MR) is 118 cm³/mol. The summed E-state index contributed by atoms with van der Waals surface area (Å²) in [5.41, 5.74) is 2.38. The zero-order valence-corrected chi connectivity index (χ0v) is 17.5. The van der Waals surface area contributed by atoms with Crippen LogP contribution in [0.1, 0.15) is 19.8 Å². The molecule has 3 aromatic rings. The maximum absolute atomic E-state index is 14.4. The van der Waals surface area contributed by atoms with Gasteiger partial charge in [0, 0.05) is 25.3 Å². The van der Waals surface area contributed by atoms with E-state index in [0.717, 1.165) is 11.4 Å². The number of aliphatic hydroxyl groups excluding tert-OH is 1. The third-order valence-corrected chi connectivity index (χ3v) is 5.01. The number of halogens is 1. The van der Waals surface area contributed by atoms with Crippen LogP contribution in [0.15, 0.2) is 54.1 Å². The molecule has 0 amide bonds. The van der Waals surface area contributed by atoms with Crippen molar-refractivity contribution in [1.29, 1.82) is 0 Å². The molecule has 1 aliphatic carbocycles. The van der Waals surface area contributed by atoms with Gasteiger partial charge < -0.3 is 20.5 Å². The molecule has 0 radical (unpaired) electrons. The van der Waals surface area contributed by atoms with E-state index in [1.54, 1.807) is 19.4 Å². The van der Waals surface area contributed by atoms with Gasteiger partial charge in [-0.25, -0.2) is 14.4 Å². The average Bonchev–Trinajstić information content (AvgIpc) is 3.11. The molecule has 1 unspecified atom stereocenters. The van der Waals surface area contributed by atoms with Crippen molar-refractivity contribution >= 4 is 28.7 Å². The molecule has 0 fully saturated rings. The largest absolute Gasteiger partial charge is 0.497 e. The van der Waals surface area contributed by atoms with Gasteiger partial charge in [0.1, 0.15) is 17.1 Å². The maximum atomic E-state index is 14.4. The van der Waals surface area contributed by atoms with Crippen LogP contribution in [0.3, 0.4) is 0 Å². The Morgan fingerprint density at radius 3 is 2.74 bits per heavy atom. The number of aromatic nitrogens is 4. The lowest BCUT2D eigenvalue weighted by Crippen LogP contribution is -2.12. The van der Waals surface area contributed by atoms with E-state index in [0.29, 0.717) is 48.1 Å². The number of aliphatic hydroxyl groups is 1. The minimum atomic E-state index is -0.205. The fourth-order valence-electron chi connectivity index (χ4n) is 3.36. The summed E-state index contributed by atoms with van der Waals surface area (Å²) in [7, 11) is 1.62. The van der Waals surface area contributed by atoms with Crippen molar-refractivity contribution in [3.8, 4) is 5.75 Å². The molecule has 4 rings (SSSR count). The van der Waals surface area contributed by atoms with Crippen LogP contribution in [0, 0.1) is 5.92 Å². The fraction of sp³-hybridized carbons (Fsp3) is 0.318. The van der Waals surface area contributed by atoms with Crippen LogP contribution in [0.4, 0.5) is 22.0 Å². The topological polar surface area (TPSA) is 97.1 Å². The van der Waals surface area contributed by atoms with Crippen LogP contribution in [0.5, 0.6) is 5.75 Å². The lowest BCUT2D eigenvalue weighted by Gasteiger charge is -2.16. The number of ether oxygens (including phenoxy) is 1. The number of rotatable bonds is 8. The number of benzene rings is 1.